The summed E-state index contributed by atoms with van der Waals surface area (Å²) in [5.74, 6) is 0.761. The fourth-order valence-electron chi connectivity index (χ4n) is 2.60. The first-order valence-electron chi connectivity index (χ1n) is 5.83. The second kappa shape index (κ2) is 3.95. The molecule has 2 nitrogen and oxygen atoms in total. The van der Waals surface area contributed by atoms with E-state index in [1.54, 1.807) is 0 Å². The largest absolute Gasteiger partial charge is 0.372 e. The molecule has 2 aliphatic rings. The van der Waals surface area contributed by atoms with E-state index in [2.05, 4.69) is 23.5 Å². The maximum absolute atomic E-state index is 5.44. The minimum atomic E-state index is 0.761. The van der Waals surface area contributed by atoms with E-state index in [-0.39, 0.29) is 0 Å². The van der Waals surface area contributed by atoms with Crippen LogP contribution in [0, 0.1) is 0 Å². The zero-order valence-electron chi connectivity index (χ0n) is 8.96. The standard InChI is InChI=1S/C13H17NO/c1-2-12-8-15-9-13(12)7-11(1)10-3-5-14-6-4-10/h1-2,7,10,14H,3-6,8-9H2. The van der Waals surface area contributed by atoms with Gasteiger partial charge in [-0.05, 0) is 48.5 Å². The number of fused-ring (bicyclic) bond motifs is 1. The first-order chi connectivity index (χ1) is 7.43. The molecule has 2 heteroatoms. The normalized spacial score (nSPS) is 21.6. The Morgan fingerprint density at radius 2 is 1.87 bits per heavy atom. The fourth-order valence-corrected chi connectivity index (χ4v) is 2.60. The van der Waals surface area contributed by atoms with Crippen molar-refractivity contribution in [2.45, 2.75) is 32.0 Å². The lowest BCUT2D eigenvalue weighted by Gasteiger charge is -2.23. The van der Waals surface area contributed by atoms with E-state index in [9.17, 15) is 0 Å². The van der Waals surface area contributed by atoms with Gasteiger partial charge in [-0.2, -0.15) is 0 Å². The summed E-state index contributed by atoms with van der Waals surface area (Å²) in [5.41, 5.74) is 4.31. The molecule has 0 aromatic heterocycles. The number of piperidine rings is 1. The minimum absolute atomic E-state index is 0.761. The zero-order valence-corrected chi connectivity index (χ0v) is 8.96. The molecule has 1 N–H and O–H groups in total. The highest BCUT2D eigenvalue weighted by atomic mass is 16.5. The van der Waals surface area contributed by atoms with Crippen LogP contribution in [0.1, 0.15) is 35.4 Å². The van der Waals surface area contributed by atoms with Crippen molar-refractivity contribution in [1.29, 1.82) is 0 Å². The Labute approximate surface area is 90.6 Å². The number of ether oxygens (including phenoxy) is 1. The lowest BCUT2D eigenvalue weighted by atomic mass is 9.89. The van der Waals surface area contributed by atoms with Gasteiger partial charge in [0.15, 0.2) is 0 Å². The highest BCUT2D eigenvalue weighted by molar-refractivity contribution is 5.35. The summed E-state index contributed by atoms with van der Waals surface area (Å²) in [7, 11) is 0. The smallest absolute Gasteiger partial charge is 0.0725 e. The van der Waals surface area contributed by atoms with Crippen molar-refractivity contribution in [3.63, 3.8) is 0 Å². The number of nitrogens with one attached hydrogen (secondary N) is 1. The Morgan fingerprint density at radius 1 is 1.07 bits per heavy atom. The van der Waals surface area contributed by atoms with Gasteiger partial charge in [0, 0.05) is 0 Å². The lowest BCUT2D eigenvalue weighted by Crippen LogP contribution is -2.26. The third kappa shape index (κ3) is 1.80. The van der Waals surface area contributed by atoms with Crippen molar-refractivity contribution < 1.29 is 4.74 Å². The molecule has 0 aliphatic carbocycles. The summed E-state index contributed by atoms with van der Waals surface area (Å²) in [6.45, 7) is 3.95. The molecule has 0 atom stereocenters. The topological polar surface area (TPSA) is 21.3 Å². The first kappa shape index (κ1) is 9.37. The average molecular weight is 203 g/mol. The first-order valence-corrected chi connectivity index (χ1v) is 5.83. The Morgan fingerprint density at radius 3 is 2.73 bits per heavy atom. The van der Waals surface area contributed by atoms with E-state index < -0.39 is 0 Å². The predicted molar refractivity (Wildman–Crippen MR) is 59.8 cm³/mol. The maximum Gasteiger partial charge on any atom is 0.0725 e. The monoisotopic (exact) mass is 203 g/mol. The van der Waals surface area contributed by atoms with Crippen molar-refractivity contribution >= 4 is 0 Å². The number of hydrogen-bond donors (Lipinski definition) is 1. The van der Waals surface area contributed by atoms with E-state index in [4.69, 9.17) is 4.74 Å². The van der Waals surface area contributed by atoms with Crippen molar-refractivity contribution in [3.8, 4) is 0 Å². The Kier molecular flexibility index (Phi) is 2.47. The van der Waals surface area contributed by atoms with Crippen LogP contribution in [0.15, 0.2) is 18.2 Å². The van der Waals surface area contributed by atoms with Gasteiger partial charge in [0.05, 0.1) is 13.2 Å². The summed E-state index contributed by atoms with van der Waals surface area (Å²) in [6.07, 6.45) is 2.55. The molecule has 3 rings (SSSR count). The van der Waals surface area contributed by atoms with Crippen LogP contribution in [0.25, 0.3) is 0 Å². The summed E-state index contributed by atoms with van der Waals surface area (Å²) >= 11 is 0. The van der Waals surface area contributed by atoms with Crippen LogP contribution < -0.4 is 5.32 Å². The van der Waals surface area contributed by atoms with Crippen LogP contribution >= 0.6 is 0 Å². The van der Waals surface area contributed by atoms with E-state index >= 15 is 0 Å². The molecular formula is C13H17NO. The highest BCUT2D eigenvalue weighted by Crippen LogP contribution is 2.29. The number of hydrogen-bond acceptors (Lipinski definition) is 2. The second-order valence-electron chi connectivity index (χ2n) is 4.55. The zero-order chi connectivity index (χ0) is 10.1. The lowest BCUT2D eigenvalue weighted by molar-refractivity contribution is 0.134. The van der Waals surface area contributed by atoms with Crippen LogP contribution in [0.3, 0.4) is 0 Å². The van der Waals surface area contributed by atoms with Crippen molar-refractivity contribution in [3.05, 3.63) is 34.9 Å². The van der Waals surface area contributed by atoms with E-state index in [0.717, 1.165) is 32.2 Å². The SMILES string of the molecule is c1cc2c(cc1C1CCNCC1)COC2. The van der Waals surface area contributed by atoms with Gasteiger partial charge in [0.25, 0.3) is 0 Å². The van der Waals surface area contributed by atoms with E-state index in [1.807, 2.05) is 0 Å². The molecule has 1 aromatic rings. The molecule has 1 aromatic carbocycles. The molecule has 0 bridgehead atoms. The van der Waals surface area contributed by atoms with Crippen molar-refractivity contribution in [2.75, 3.05) is 13.1 Å². The highest BCUT2D eigenvalue weighted by Gasteiger charge is 2.18. The number of rotatable bonds is 1. The van der Waals surface area contributed by atoms with Crippen molar-refractivity contribution in [1.82, 2.24) is 5.32 Å². The average Bonchev–Trinajstić information content (AvgIpc) is 2.77. The van der Waals surface area contributed by atoms with Crippen LogP contribution in [0.4, 0.5) is 0 Å². The molecule has 1 fully saturated rings. The molecule has 0 spiro atoms. The van der Waals surface area contributed by atoms with E-state index in [0.29, 0.717) is 0 Å². The number of benzene rings is 1. The Hall–Kier alpha value is -0.860. The molecule has 0 radical (unpaired) electrons. The Bertz CT molecular complexity index is 356. The predicted octanol–water partition coefficient (Wildman–Crippen LogP) is 2.18. The molecule has 2 aliphatic heterocycles. The molecule has 80 valence electrons. The minimum Gasteiger partial charge on any atom is -0.372 e. The molecule has 2 heterocycles. The maximum atomic E-state index is 5.44. The van der Waals surface area contributed by atoms with E-state index in [1.165, 1.54) is 29.5 Å². The van der Waals surface area contributed by atoms with Gasteiger partial charge >= 0.3 is 0 Å². The summed E-state index contributed by atoms with van der Waals surface area (Å²) in [4.78, 5) is 0. The van der Waals surface area contributed by atoms with Gasteiger partial charge in [0.1, 0.15) is 0 Å². The summed E-state index contributed by atoms with van der Waals surface area (Å²) < 4.78 is 5.44. The van der Waals surface area contributed by atoms with Gasteiger partial charge < -0.3 is 10.1 Å². The molecule has 0 saturated carbocycles. The van der Waals surface area contributed by atoms with Crippen molar-refractivity contribution in [2.24, 2.45) is 0 Å². The van der Waals surface area contributed by atoms with Crippen LogP contribution in [-0.4, -0.2) is 13.1 Å². The van der Waals surface area contributed by atoms with Gasteiger partial charge in [-0.25, -0.2) is 0 Å². The second-order valence-corrected chi connectivity index (χ2v) is 4.55. The molecule has 0 amide bonds. The fraction of sp³-hybridized carbons (Fsp3) is 0.538. The Balaban J connectivity index is 1.85. The van der Waals surface area contributed by atoms with Gasteiger partial charge in [0.2, 0.25) is 0 Å². The van der Waals surface area contributed by atoms with Gasteiger partial charge in [-0.15, -0.1) is 0 Å². The van der Waals surface area contributed by atoms with Crippen LogP contribution in [0.2, 0.25) is 0 Å². The molecule has 0 unspecified atom stereocenters. The third-order valence-electron chi connectivity index (χ3n) is 3.56. The quantitative estimate of drug-likeness (QED) is 0.755. The molecule has 1 saturated heterocycles. The van der Waals surface area contributed by atoms with Gasteiger partial charge in [-0.1, -0.05) is 18.2 Å². The molecule has 15 heavy (non-hydrogen) atoms. The molecular weight excluding hydrogens is 186 g/mol. The third-order valence-corrected chi connectivity index (χ3v) is 3.56. The summed E-state index contributed by atoms with van der Waals surface area (Å²) in [6, 6.07) is 6.90. The summed E-state index contributed by atoms with van der Waals surface area (Å²) in [5, 5.41) is 3.41. The van der Waals surface area contributed by atoms with Crippen LogP contribution in [0.5, 0.6) is 0 Å². The van der Waals surface area contributed by atoms with Crippen LogP contribution in [-0.2, 0) is 18.0 Å². The van der Waals surface area contributed by atoms with Gasteiger partial charge in [-0.3, -0.25) is 0 Å².